The van der Waals surface area contributed by atoms with E-state index in [2.05, 4.69) is 0 Å². The van der Waals surface area contributed by atoms with E-state index in [-0.39, 0.29) is 48.4 Å². The predicted octanol–water partition coefficient (Wildman–Crippen LogP) is 1.62. The summed E-state index contributed by atoms with van der Waals surface area (Å²) in [5, 5.41) is 0. The number of likely N-dealkylation sites (N-methyl/N-ethyl adjacent to an activating group) is 1. The second-order valence-corrected chi connectivity index (χ2v) is 6.55. The van der Waals surface area contributed by atoms with Crippen LogP contribution in [0.4, 0.5) is 5.69 Å². The van der Waals surface area contributed by atoms with Crippen molar-refractivity contribution in [3.05, 3.63) is 30.3 Å². The summed E-state index contributed by atoms with van der Waals surface area (Å²) in [6.07, 6.45) is 1.31. The van der Waals surface area contributed by atoms with Crippen LogP contribution in [0.5, 0.6) is 0 Å². The van der Waals surface area contributed by atoms with Gasteiger partial charge in [-0.2, -0.15) is 0 Å². The van der Waals surface area contributed by atoms with Crippen LogP contribution in [0.3, 0.4) is 0 Å². The summed E-state index contributed by atoms with van der Waals surface area (Å²) in [5.41, 5.74) is 0.972. The molecule has 116 valence electrons. The van der Waals surface area contributed by atoms with Crippen molar-refractivity contribution in [1.82, 2.24) is 0 Å². The Hall–Kier alpha value is -2.04. The average Bonchev–Trinajstić information content (AvgIpc) is 3.13. The molecular weight excluding hydrogens is 282 g/mol. The summed E-state index contributed by atoms with van der Waals surface area (Å²) in [7, 11) is 1.86. The summed E-state index contributed by atoms with van der Waals surface area (Å²) < 4.78 is 11.1. The highest BCUT2D eigenvalue weighted by atomic mass is 16.6. The van der Waals surface area contributed by atoms with Crippen LogP contribution < -0.4 is 4.90 Å². The number of anilines is 1. The smallest absolute Gasteiger partial charge is 0.325 e. The van der Waals surface area contributed by atoms with Crippen LogP contribution in [-0.2, 0) is 19.1 Å². The number of hydrogen-bond acceptors (Lipinski definition) is 5. The fourth-order valence-corrected chi connectivity index (χ4v) is 4.22. The van der Waals surface area contributed by atoms with E-state index in [0.717, 1.165) is 18.5 Å². The van der Waals surface area contributed by atoms with Crippen molar-refractivity contribution >= 4 is 17.6 Å². The van der Waals surface area contributed by atoms with E-state index >= 15 is 0 Å². The van der Waals surface area contributed by atoms with Crippen molar-refractivity contribution < 1.29 is 19.1 Å². The van der Waals surface area contributed by atoms with Gasteiger partial charge in [0, 0.05) is 24.6 Å². The molecule has 0 spiro atoms. The number of esters is 2. The lowest BCUT2D eigenvalue weighted by atomic mass is 9.88. The summed E-state index contributed by atoms with van der Waals surface area (Å²) >= 11 is 0. The third kappa shape index (κ3) is 2.07. The number of hydrogen-bond donors (Lipinski definition) is 0. The fourth-order valence-electron chi connectivity index (χ4n) is 4.22. The van der Waals surface area contributed by atoms with E-state index in [1.54, 1.807) is 0 Å². The topological polar surface area (TPSA) is 55.8 Å². The number of ether oxygens (including phenoxy) is 2. The zero-order valence-corrected chi connectivity index (χ0v) is 12.5. The molecule has 1 aliphatic heterocycles. The first-order chi connectivity index (χ1) is 10.6. The van der Waals surface area contributed by atoms with E-state index in [4.69, 9.17) is 9.47 Å². The molecule has 5 nitrogen and oxygen atoms in total. The van der Waals surface area contributed by atoms with Crippen LogP contribution >= 0.6 is 0 Å². The van der Waals surface area contributed by atoms with Crippen molar-refractivity contribution in [3.63, 3.8) is 0 Å². The van der Waals surface area contributed by atoms with Gasteiger partial charge in [0.05, 0.1) is 5.92 Å². The molecule has 1 saturated heterocycles. The van der Waals surface area contributed by atoms with E-state index in [9.17, 15) is 9.59 Å². The van der Waals surface area contributed by atoms with Gasteiger partial charge in [0.1, 0.15) is 18.8 Å². The largest absolute Gasteiger partial charge is 0.458 e. The molecule has 2 bridgehead atoms. The van der Waals surface area contributed by atoms with E-state index in [1.165, 1.54) is 0 Å². The molecule has 3 fully saturated rings. The van der Waals surface area contributed by atoms with E-state index in [1.807, 2.05) is 42.3 Å². The first-order valence-corrected chi connectivity index (χ1v) is 7.79. The van der Waals surface area contributed by atoms with E-state index in [0.29, 0.717) is 0 Å². The monoisotopic (exact) mass is 301 g/mol. The molecule has 5 atom stereocenters. The molecule has 0 N–H and O–H groups in total. The van der Waals surface area contributed by atoms with E-state index < -0.39 is 0 Å². The van der Waals surface area contributed by atoms with Gasteiger partial charge in [-0.3, -0.25) is 9.59 Å². The summed E-state index contributed by atoms with van der Waals surface area (Å²) in [4.78, 5) is 25.8. The van der Waals surface area contributed by atoms with Crippen LogP contribution in [0.15, 0.2) is 30.3 Å². The Balaban J connectivity index is 1.38. The maximum atomic E-state index is 12.2. The Labute approximate surface area is 129 Å². The van der Waals surface area contributed by atoms with Gasteiger partial charge in [-0.1, -0.05) is 18.2 Å². The molecule has 22 heavy (non-hydrogen) atoms. The lowest BCUT2D eigenvalue weighted by Gasteiger charge is -2.26. The van der Waals surface area contributed by atoms with Crippen LogP contribution in [0.1, 0.15) is 12.8 Å². The minimum Gasteiger partial charge on any atom is -0.458 e. The minimum absolute atomic E-state index is 0.0527. The Morgan fingerprint density at radius 1 is 1.32 bits per heavy atom. The number of fused-ring (bicyclic) bond motifs is 1. The second-order valence-electron chi connectivity index (χ2n) is 6.55. The van der Waals surface area contributed by atoms with Gasteiger partial charge in [0.15, 0.2) is 0 Å². The molecule has 4 rings (SSSR count). The van der Waals surface area contributed by atoms with Gasteiger partial charge in [-0.25, -0.2) is 0 Å². The maximum Gasteiger partial charge on any atom is 0.325 e. The molecule has 0 radical (unpaired) electrons. The van der Waals surface area contributed by atoms with Crippen molar-refractivity contribution in [3.8, 4) is 0 Å². The minimum atomic E-state index is -0.261. The van der Waals surface area contributed by atoms with Crippen molar-refractivity contribution in [2.75, 3.05) is 18.5 Å². The van der Waals surface area contributed by atoms with Crippen molar-refractivity contribution in [1.29, 1.82) is 0 Å². The Morgan fingerprint density at radius 3 is 2.86 bits per heavy atom. The molecule has 1 heterocycles. The number of benzene rings is 1. The first kappa shape index (κ1) is 13.6. The van der Waals surface area contributed by atoms with Crippen molar-refractivity contribution in [2.45, 2.75) is 25.0 Å². The number of nitrogens with zero attached hydrogens (tertiary/aromatic N) is 1. The quantitative estimate of drug-likeness (QED) is 0.791. The van der Waals surface area contributed by atoms with Gasteiger partial charge < -0.3 is 14.4 Å². The highest BCUT2D eigenvalue weighted by Gasteiger charge is 2.63. The predicted molar refractivity (Wildman–Crippen MR) is 79.2 cm³/mol. The van der Waals surface area contributed by atoms with Crippen LogP contribution in [0.25, 0.3) is 0 Å². The molecule has 5 unspecified atom stereocenters. The summed E-state index contributed by atoms with van der Waals surface area (Å²) in [6.45, 7) is 0.196. The fraction of sp³-hybridized carbons (Fsp3) is 0.529. The Morgan fingerprint density at radius 2 is 2.09 bits per heavy atom. The third-order valence-corrected chi connectivity index (χ3v) is 5.24. The zero-order chi connectivity index (χ0) is 15.3. The normalized spacial score (nSPS) is 34.6. The van der Waals surface area contributed by atoms with Crippen molar-refractivity contribution in [2.24, 2.45) is 17.8 Å². The molecule has 0 amide bonds. The second kappa shape index (κ2) is 5.00. The molecule has 1 aromatic rings. The van der Waals surface area contributed by atoms with Crippen LogP contribution in [0, 0.1) is 17.8 Å². The molecule has 0 aromatic heterocycles. The molecule has 1 aromatic carbocycles. The lowest BCUT2D eigenvalue weighted by molar-refractivity contribution is -0.160. The first-order valence-electron chi connectivity index (χ1n) is 7.79. The van der Waals surface area contributed by atoms with Gasteiger partial charge in [0.25, 0.3) is 0 Å². The van der Waals surface area contributed by atoms with Gasteiger partial charge in [0.2, 0.25) is 0 Å². The Kier molecular flexibility index (Phi) is 3.10. The lowest BCUT2D eigenvalue weighted by Crippen LogP contribution is -2.38. The standard InChI is InChI=1S/C17H19NO4/c1-18(11-5-3-2-4-6-11)9-14(19)21-15-10-7-12-13(8-10)17(20)22-16(12)15/h2-6,10,12-13,15-16H,7-9H2,1H3. The average molecular weight is 301 g/mol. The molecular formula is C17H19NO4. The SMILES string of the molecule is CN(CC(=O)OC1C2CC3C(=O)OC1C3C2)c1ccccc1. The highest BCUT2D eigenvalue weighted by Crippen LogP contribution is 2.55. The summed E-state index contributed by atoms with van der Waals surface area (Å²) in [5.74, 6) is 0.248. The van der Waals surface area contributed by atoms with Gasteiger partial charge in [-0.15, -0.1) is 0 Å². The third-order valence-electron chi connectivity index (χ3n) is 5.24. The molecule has 3 aliphatic rings. The zero-order valence-electron chi connectivity index (χ0n) is 12.5. The number of rotatable bonds is 4. The molecule has 2 aliphatic carbocycles. The maximum absolute atomic E-state index is 12.2. The van der Waals surface area contributed by atoms with Crippen LogP contribution in [0.2, 0.25) is 0 Å². The number of carbonyl (C=O) groups is 2. The highest BCUT2D eigenvalue weighted by molar-refractivity contribution is 5.78. The van der Waals surface area contributed by atoms with Gasteiger partial charge >= 0.3 is 11.9 Å². The number of carbonyl (C=O) groups excluding carboxylic acids is 2. The number of para-hydroxylation sites is 1. The molecule has 2 saturated carbocycles. The molecule has 5 heteroatoms. The summed E-state index contributed by atoms with van der Waals surface area (Å²) in [6, 6.07) is 9.72. The Bertz CT molecular complexity index is 602. The van der Waals surface area contributed by atoms with Crippen LogP contribution in [-0.4, -0.2) is 37.7 Å². The van der Waals surface area contributed by atoms with Gasteiger partial charge in [-0.05, 0) is 25.0 Å².